The Bertz CT molecular complexity index is 1780. The molecule has 224 valence electrons. The third-order valence-corrected chi connectivity index (χ3v) is 6.55. The van der Waals surface area contributed by atoms with Crippen LogP contribution in [0.5, 0.6) is 5.88 Å². The van der Waals surface area contributed by atoms with Gasteiger partial charge in [-0.15, -0.1) is 5.10 Å². The lowest BCUT2D eigenvalue weighted by Gasteiger charge is -2.29. The fourth-order valence-electron chi connectivity index (χ4n) is 4.31. The van der Waals surface area contributed by atoms with Crippen LogP contribution in [0.1, 0.15) is 27.2 Å². The fraction of sp³-hybridized carbons (Fsp3) is 0.250. The third kappa shape index (κ3) is 7.21. The summed E-state index contributed by atoms with van der Waals surface area (Å²) in [5, 5.41) is 4.45. The van der Waals surface area contributed by atoms with Gasteiger partial charge < -0.3 is 29.0 Å². The minimum atomic E-state index is -4.64. The van der Waals surface area contributed by atoms with Crippen molar-refractivity contribution in [3.8, 4) is 17.3 Å². The van der Waals surface area contributed by atoms with Crippen molar-refractivity contribution < 1.29 is 51.2 Å². The number of alkyl halides is 3. The summed E-state index contributed by atoms with van der Waals surface area (Å²) in [7, 11) is -8.48. The van der Waals surface area contributed by atoms with Crippen LogP contribution in [0.25, 0.3) is 22.3 Å². The molecule has 18 heteroatoms. The quantitative estimate of drug-likeness (QED) is 0.238. The van der Waals surface area contributed by atoms with Crippen molar-refractivity contribution in [3.63, 3.8) is 0 Å². The summed E-state index contributed by atoms with van der Waals surface area (Å²) < 4.78 is 66.1. The number of rotatable bonds is 4. The van der Waals surface area contributed by atoms with Gasteiger partial charge in [0.15, 0.2) is 5.82 Å². The lowest BCUT2D eigenvalue weighted by atomic mass is 10.1. The van der Waals surface area contributed by atoms with Crippen LogP contribution in [0.15, 0.2) is 42.6 Å². The molecule has 0 saturated carbocycles. The number of carbonyl (C=O) groups excluding carboxylic acids is 1. The topological polar surface area (TPSA) is 188 Å². The van der Waals surface area contributed by atoms with Crippen molar-refractivity contribution in [2.24, 2.45) is 0 Å². The Kier molecular flexibility index (Phi) is 8.35. The maximum atomic E-state index is 13.3. The zero-order valence-electron chi connectivity index (χ0n) is 22.1. The molecule has 13 nitrogen and oxygen atoms in total. The van der Waals surface area contributed by atoms with Crippen molar-refractivity contribution in [2.45, 2.75) is 26.6 Å². The van der Waals surface area contributed by atoms with Crippen molar-refractivity contribution in [2.75, 3.05) is 18.1 Å². The third-order valence-electron chi connectivity index (χ3n) is 6.04. The molecule has 42 heavy (non-hydrogen) atoms. The zero-order chi connectivity index (χ0) is 31.2. The highest BCUT2D eigenvalue weighted by molar-refractivity contribution is 7.52. The van der Waals surface area contributed by atoms with Crippen LogP contribution >= 0.6 is 15.4 Å². The molecule has 1 amide bonds. The smallest absolute Gasteiger partial charge is 0.404 e. The molecule has 3 heterocycles. The summed E-state index contributed by atoms with van der Waals surface area (Å²) in [5.41, 5.74) is 2.32. The standard InChI is InChI=1S/C24H21F3N5O4P.H3O4P/c1-13-10-15(21-28-12-16-11-17(24(25,26)27)5-6-18(16)29-21)4-7-19(13)31-8-9-32-20(23(31)33)14(2)22(30-32)36-37(3,34)35;1-5(2,3)4/h4-7,10-12H,8-9H2,1-3H3,(H,34,35);(H3,1,2,3,4). The Morgan fingerprint density at radius 1 is 1.00 bits per heavy atom. The van der Waals surface area contributed by atoms with Gasteiger partial charge in [-0.1, -0.05) is 0 Å². The largest absolute Gasteiger partial charge is 0.466 e. The summed E-state index contributed by atoms with van der Waals surface area (Å²) in [5.74, 6) is -0.0368. The Morgan fingerprint density at radius 2 is 1.67 bits per heavy atom. The first kappa shape index (κ1) is 31.3. The van der Waals surface area contributed by atoms with Crippen LogP contribution in [0.3, 0.4) is 0 Å². The van der Waals surface area contributed by atoms with Gasteiger partial charge >= 0.3 is 21.6 Å². The van der Waals surface area contributed by atoms with Crippen LogP contribution in [0.4, 0.5) is 18.9 Å². The molecule has 1 aliphatic heterocycles. The van der Waals surface area contributed by atoms with E-state index in [-0.39, 0.29) is 22.9 Å². The minimum absolute atomic E-state index is 0.0542. The van der Waals surface area contributed by atoms with E-state index < -0.39 is 27.2 Å². The first-order chi connectivity index (χ1) is 19.3. The number of amides is 1. The molecule has 0 saturated heterocycles. The second kappa shape index (κ2) is 11.2. The first-order valence-electron chi connectivity index (χ1n) is 11.9. The van der Waals surface area contributed by atoms with Crippen LogP contribution < -0.4 is 9.42 Å². The highest BCUT2D eigenvalue weighted by Gasteiger charge is 2.33. The van der Waals surface area contributed by atoms with Crippen LogP contribution in [0.2, 0.25) is 0 Å². The summed E-state index contributed by atoms with van der Waals surface area (Å²) in [6.07, 6.45) is -3.09. The molecule has 0 spiro atoms. The lowest BCUT2D eigenvalue weighted by Crippen LogP contribution is -2.41. The van der Waals surface area contributed by atoms with Crippen LogP contribution in [-0.4, -0.2) is 58.4 Å². The van der Waals surface area contributed by atoms with Gasteiger partial charge in [0.2, 0.25) is 5.88 Å². The lowest BCUT2D eigenvalue weighted by molar-refractivity contribution is -0.137. The number of aryl methyl sites for hydroxylation is 1. The van der Waals surface area contributed by atoms with Gasteiger partial charge in [-0.05, 0) is 55.8 Å². The van der Waals surface area contributed by atoms with E-state index in [1.54, 1.807) is 30.0 Å². The molecule has 0 aliphatic carbocycles. The molecular formula is C24H24F3N5O8P2. The first-order valence-corrected chi connectivity index (χ1v) is 15.5. The van der Waals surface area contributed by atoms with E-state index in [2.05, 4.69) is 15.1 Å². The van der Waals surface area contributed by atoms with E-state index in [9.17, 15) is 27.4 Å². The van der Waals surface area contributed by atoms with Gasteiger partial charge in [0.1, 0.15) is 5.69 Å². The van der Waals surface area contributed by atoms with E-state index in [0.717, 1.165) is 24.4 Å². The second-order valence-corrected chi connectivity index (χ2v) is 12.1. The van der Waals surface area contributed by atoms with Gasteiger partial charge in [-0.25, -0.2) is 19.1 Å². The summed E-state index contributed by atoms with van der Waals surface area (Å²) in [4.78, 5) is 54.7. The van der Waals surface area contributed by atoms with Gasteiger partial charge in [-0.2, -0.15) is 13.2 Å². The highest BCUT2D eigenvalue weighted by Crippen LogP contribution is 2.40. The van der Waals surface area contributed by atoms with E-state index in [0.29, 0.717) is 41.2 Å². The molecule has 1 aliphatic rings. The molecule has 2 aromatic carbocycles. The van der Waals surface area contributed by atoms with Gasteiger partial charge in [0.25, 0.3) is 5.91 Å². The summed E-state index contributed by atoms with van der Waals surface area (Å²) >= 11 is 0. The minimum Gasteiger partial charge on any atom is -0.404 e. The SMILES string of the molecule is Cc1cc(-c2ncc3cc(C(F)(F)F)ccc3n2)ccc1N1CCn2nc(OP(C)(=O)O)c(C)c2C1=O.O=P(O)(O)O. The fourth-order valence-corrected chi connectivity index (χ4v) is 4.80. The van der Waals surface area contributed by atoms with E-state index in [1.807, 2.05) is 6.92 Å². The number of aromatic nitrogens is 4. The highest BCUT2D eigenvalue weighted by atomic mass is 31.2. The number of fused-ring (bicyclic) bond motifs is 2. The number of hydrogen-bond donors (Lipinski definition) is 4. The van der Waals surface area contributed by atoms with E-state index >= 15 is 0 Å². The second-order valence-electron chi connectivity index (χ2n) is 9.33. The number of hydrogen-bond acceptors (Lipinski definition) is 7. The molecule has 4 N–H and O–H groups in total. The molecule has 1 atom stereocenters. The Morgan fingerprint density at radius 3 is 2.26 bits per heavy atom. The maximum absolute atomic E-state index is 13.3. The predicted octanol–water partition coefficient (Wildman–Crippen LogP) is 4.05. The van der Waals surface area contributed by atoms with Crippen LogP contribution in [0, 0.1) is 13.8 Å². The average Bonchev–Trinajstić information content (AvgIpc) is 3.16. The van der Waals surface area contributed by atoms with Crippen molar-refractivity contribution in [1.82, 2.24) is 19.7 Å². The van der Waals surface area contributed by atoms with Gasteiger partial charge in [0, 0.05) is 41.6 Å². The molecule has 5 rings (SSSR count). The molecule has 2 aromatic heterocycles. The molecule has 0 fully saturated rings. The molecular weight excluding hydrogens is 605 g/mol. The van der Waals surface area contributed by atoms with Gasteiger partial charge in [-0.3, -0.25) is 9.48 Å². The predicted molar refractivity (Wildman–Crippen MR) is 144 cm³/mol. The Labute approximate surface area is 236 Å². The van der Waals surface area contributed by atoms with E-state index in [4.69, 9.17) is 23.8 Å². The molecule has 4 aromatic rings. The van der Waals surface area contributed by atoms with Crippen molar-refractivity contribution >= 4 is 37.9 Å². The van der Waals surface area contributed by atoms with Crippen molar-refractivity contribution in [3.05, 3.63) is 65.0 Å². The monoisotopic (exact) mass is 629 g/mol. The average molecular weight is 629 g/mol. The number of nitrogens with zero attached hydrogens (tertiary/aromatic N) is 5. The number of anilines is 1. The normalized spacial score (nSPS) is 15.1. The van der Waals surface area contributed by atoms with E-state index in [1.165, 1.54) is 16.9 Å². The zero-order valence-corrected chi connectivity index (χ0v) is 23.9. The Balaban J connectivity index is 0.000000748. The maximum Gasteiger partial charge on any atom is 0.466 e. The van der Waals surface area contributed by atoms with Crippen molar-refractivity contribution in [1.29, 1.82) is 0 Å². The molecule has 1 unspecified atom stereocenters. The van der Waals surface area contributed by atoms with Gasteiger partial charge in [0.05, 0.1) is 17.6 Å². The summed E-state index contributed by atoms with van der Waals surface area (Å²) in [6.45, 7) is 5.16. The number of carbonyl (C=O) groups is 1. The summed E-state index contributed by atoms with van der Waals surface area (Å²) in [6, 6.07) is 8.62. The number of benzene rings is 2. The van der Waals surface area contributed by atoms with Crippen LogP contribution in [-0.2, 0) is 21.9 Å². The Hall–Kier alpha value is -3.65. The number of phosphoric acid groups is 1. The molecule has 0 radical (unpaired) electrons. The molecule has 0 bridgehead atoms. The number of halogens is 3.